The molecule has 1 saturated carbocycles. The van der Waals surface area contributed by atoms with Gasteiger partial charge in [-0.1, -0.05) is 19.3 Å². The molecule has 2 saturated heterocycles. The van der Waals surface area contributed by atoms with E-state index in [1.54, 1.807) is 0 Å². The molecule has 0 aromatic carbocycles. The summed E-state index contributed by atoms with van der Waals surface area (Å²) in [6.45, 7) is 6.27. The van der Waals surface area contributed by atoms with Crippen LogP contribution in [0.15, 0.2) is 0 Å². The van der Waals surface area contributed by atoms with E-state index in [-0.39, 0.29) is 0 Å². The van der Waals surface area contributed by atoms with Gasteiger partial charge in [-0.2, -0.15) is 0 Å². The molecule has 0 spiro atoms. The van der Waals surface area contributed by atoms with Gasteiger partial charge in [0.2, 0.25) is 5.91 Å². The van der Waals surface area contributed by atoms with E-state index in [0.29, 0.717) is 11.8 Å². The van der Waals surface area contributed by atoms with Crippen molar-refractivity contribution < 1.29 is 9.53 Å². The van der Waals surface area contributed by atoms with Crippen molar-refractivity contribution in [3.8, 4) is 0 Å². The number of rotatable bonds is 6. The van der Waals surface area contributed by atoms with Crippen molar-refractivity contribution in [2.75, 3.05) is 46.4 Å². The van der Waals surface area contributed by atoms with Crippen molar-refractivity contribution in [1.29, 1.82) is 0 Å². The van der Waals surface area contributed by atoms with Crippen LogP contribution in [-0.2, 0) is 9.53 Å². The number of carbonyl (C=O) groups excluding carboxylic acids is 1. The summed E-state index contributed by atoms with van der Waals surface area (Å²) in [6, 6.07) is 0. The normalized spacial score (nSPS) is 25.4. The number of likely N-dealkylation sites (tertiary alicyclic amines) is 2. The van der Waals surface area contributed by atoms with Crippen LogP contribution >= 0.6 is 0 Å². The average molecular weight is 351 g/mol. The maximum Gasteiger partial charge on any atom is 0.225 e. The zero-order chi connectivity index (χ0) is 17.5. The number of hydrogen-bond acceptors (Lipinski definition) is 3. The lowest BCUT2D eigenvalue weighted by atomic mass is 9.87. The summed E-state index contributed by atoms with van der Waals surface area (Å²) in [4.78, 5) is 17.2. The highest BCUT2D eigenvalue weighted by molar-refractivity contribution is 5.79. The molecule has 3 rings (SSSR count). The minimum Gasteiger partial charge on any atom is -0.381 e. The third-order valence-electron chi connectivity index (χ3n) is 6.74. The van der Waals surface area contributed by atoms with E-state index in [2.05, 4.69) is 16.8 Å². The molecular formula is C21H38N2O2. The van der Waals surface area contributed by atoms with Crippen LogP contribution in [0.25, 0.3) is 0 Å². The fourth-order valence-corrected chi connectivity index (χ4v) is 4.78. The number of amides is 1. The van der Waals surface area contributed by atoms with Crippen molar-refractivity contribution in [3.63, 3.8) is 0 Å². The summed E-state index contributed by atoms with van der Waals surface area (Å²) in [7, 11) is 2.21. The van der Waals surface area contributed by atoms with Crippen LogP contribution in [0.1, 0.15) is 64.2 Å². The quantitative estimate of drug-likeness (QED) is 0.687. The van der Waals surface area contributed by atoms with Gasteiger partial charge in [-0.15, -0.1) is 0 Å². The maximum absolute atomic E-state index is 12.6. The summed E-state index contributed by atoms with van der Waals surface area (Å²) in [5.41, 5.74) is 0. The van der Waals surface area contributed by atoms with Gasteiger partial charge in [0.25, 0.3) is 0 Å². The van der Waals surface area contributed by atoms with Gasteiger partial charge in [-0.05, 0) is 76.9 Å². The van der Waals surface area contributed by atoms with Crippen LogP contribution in [0.5, 0.6) is 0 Å². The maximum atomic E-state index is 12.6. The van der Waals surface area contributed by atoms with Gasteiger partial charge in [0, 0.05) is 32.2 Å². The van der Waals surface area contributed by atoms with E-state index in [1.807, 2.05) is 0 Å². The van der Waals surface area contributed by atoms with Crippen LogP contribution in [0.4, 0.5) is 0 Å². The lowest BCUT2D eigenvalue weighted by Crippen LogP contribution is -2.42. The summed E-state index contributed by atoms with van der Waals surface area (Å²) in [5, 5.41) is 0. The minimum atomic E-state index is 0.336. The Kier molecular flexibility index (Phi) is 7.60. The van der Waals surface area contributed by atoms with Crippen molar-refractivity contribution in [3.05, 3.63) is 0 Å². The fourth-order valence-electron chi connectivity index (χ4n) is 4.78. The largest absolute Gasteiger partial charge is 0.381 e. The zero-order valence-electron chi connectivity index (χ0n) is 16.3. The summed E-state index contributed by atoms with van der Waals surface area (Å²) < 4.78 is 5.98. The first-order chi connectivity index (χ1) is 12.2. The molecule has 144 valence electrons. The Morgan fingerprint density at radius 2 is 1.52 bits per heavy atom. The number of carbonyl (C=O) groups is 1. The van der Waals surface area contributed by atoms with Gasteiger partial charge in [0.15, 0.2) is 0 Å². The van der Waals surface area contributed by atoms with E-state index >= 15 is 0 Å². The first-order valence-corrected chi connectivity index (χ1v) is 10.8. The molecule has 2 heterocycles. The van der Waals surface area contributed by atoms with Crippen molar-refractivity contribution in [1.82, 2.24) is 9.80 Å². The summed E-state index contributed by atoms with van der Waals surface area (Å²) in [5.74, 6) is 2.32. The molecule has 0 unspecified atom stereocenters. The Morgan fingerprint density at radius 1 is 0.880 bits per heavy atom. The standard InChI is InChI=1S/C21H38N2O2/c1-22-12-7-19(8-13-22)17-25-16-11-18-9-14-23(15-10-18)21(24)20-5-3-2-4-6-20/h18-20H,2-17H2,1H3. The molecule has 4 heteroatoms. The molecule has 0 bridgehead atoms. The first kappa shape index (κ1) is 19.2. The fraction of sp³-hybridized carbons (Fsp3) is 0.952. The average Bonchev–Trinajstić information content (AvgIpc) is 2.67. The third kappa shape index (κ3) is 5.96. The first-order valence-electron chi connectivity index (χ1n) is 10.8. The Balaban J connectivity index is 1.26. The molecule has 1 aliphatic carbocycles. The van der Waals surface area contributed by atoms with Gasteiger partial charge in [-0.25, -0.2) is 0 Å². The van der Waals surface area contributed by atoms with Crippen molar-refractivity contribution in [2.45, 2.75) is 64.2 Å². The number of ether oxygens (including phenoxy) is 1. The van der Waals surface area contributed by atoms with Gasteiger partial charge in [-0.3, -0.25) is 4.79 Å². The molecule has 3 fully saturated rings. The van der Waals surface area contributed by atoms with Crippen molar-refractivity contribution >= 4 is 5.91 Å². The van der Waals surface area contributed by atoms with E-state index < -0.39 is 0 Å². The molecule has 0 N–H and O–H groups in total. The van der Waals surface area contributed by atoms with Crippen LogP contribution in [-0.4, -0.2) is 62.1 Å². The third-order valence-corrected chi connectivity index (χ3v) is 6.74. The number of hydrogen-bond donors (Lipinski definition) is 0. The smallest absolute Gasteiger partial charge is 0.225 e. The second-order valence-corrected chi connectivity index (χ2v) is 8.71. The highest BCUT2D eigenvalue weighted by Gasteiger charge is 2.29. The van der Waals surface area contributed by atoms with E-state index in [4.69, 9.17) is 4.74 Å². The predicted molar refractivity (Wildman–Crippen MR) is 102 cm³/mol. The Morgan fingerprint density at radius 3 is 2.20 bits per heavy atom. The van der Waals surface area contributed by atoms with Gasteiger partial charge >= 0.3 is 0 Å². The molecule has 0 atom stereocenters. The highest BCUT2D eigenvalue weighted by atomic mass is 16.5. The van der Waals surface area contributed by atoms with Gasteiger partial charge < -0.3 is 14.5 Å². The van der Waals surface area contributed by atoms with Crippen molar-refractivity contribution in [2.24, 2.45) is 17.8 Å². The topological polar surface area (TPSA) is 32.8 Å². The Labute approximate surface area is 154 Å². The van der Waals surface area contributed by atoms with E-state index in [0.717, 1.165) is 51.0 Å². The monoisotopic (exact) mass is 350 g/mol. The Bertz CT molecular complexity index is 393. The summed E-state index contributed by atoms with van der Waals surface area (Å²) in [6.07, 6.45) is 12.2. The molecule has 1 amide bonds. The molecule has 25 heavy (non-hydrogen) atoms. The lowest BCUT2D eigenvalue weighted by molar-refractivity contribution is -0.138. The predicted octanol–water partition coefficient (Wildman–Crippen LogP) is 3.55. The Hall–Kier alpha value is -0.610. The molecule has 3 aliphatic rings. The molecule has 0 aromatic heterocycles. The highest BCUT2D eigenvalue weighted by Crippen LogP contribution is 2.28. The van der Waals surface area contributed by atoms with E-state index in [1.165, 1.54) is 64.5 Å². The van der Waals surface area contributed by atoms with Crippen LogP contribution in [0, 0.1) is 17.8 Å². The molecular weight excluding hydrogens is 312 g/mol. The second kappa shape index (κ2) is 9.91. The van der Waals surface area contributed by atoms with Gasteiger partial charge in [0.1, 0.15) is 0 Å². The summed E-state index contributed by atoms with van der Waals surface area (Å²) >= 11 is 0. The molecule has 0 radical (unpaired) electrons. The zero-order valence-corrected chi connectivity index (χ0v) is 16.3. The van der Waals surface area contributed by atoms with Crippen LogP contribution < -0.4 is 0 Å². The lowest BCUT2D eigenvalue weighted by Gasteiger charge is -2.35. The molecule has 4 nitrogen and oxygen atoms in total. The minimum absolute atomic E-state index is 0.336. The number of piperidine rings is 2. The number of nitrogens with zero attached hydrogens (tertiary/aromatic N) is 2. The molecule has 2 aliphatic heterocycles. The van der Waals surface area contributed by atoms with Crippen LogP contribution in [0.2, 0.25) is 0 Å². The SMILES string of the molecule is CN1CCC(COCCC2CCN(C(=O)C3CCCCC3)CC2)CC1. The van der Waals surface area contributed by atoms with Crippen LogP contribution in [0.3, 0.4) is 0 Å². The second-order valence-electron chi connectivity index (χ2n) is 8.71. The van der Waals surface area contributed by atoms with E-state index in [9.17, 15) is 4.79 Å². The van der Waals surface area contributed by atoms with Gasteiger partial charge in [0.05, 0.1) is 0 Å². The molecule has 0 aromatic rings.